The average molecular weight is 448 g/mol. The first-order valence-corrected chi connectivity index (χ1v) is 9.54. The molecular weight excluding hydrogens is 416 g/mol. The minimum Gasteiger partial charge on any atom is -0.283 e. The minimum atomic E-state index is 0. The van der Waals surface area contributed by atoms with Crippen molar-refractivity contribution in [1.29, 1.82) is 0 Å². The molecule has 0 heterocycles. The van der Waals surface area contributed by atoms with E-state index < -0.39 is 0 Å². The number of carbonyl (C=O) groups excluding carboxylic acids is 4. The van der Waals surface area contributed by atoms with Gasteiger partial charge >= 0.3 is 23.1 Å². The van der Waals surface area contributed by atoms with Gasteiger partial charge in [0.15, 0.2) is 12.8 Å². The number of benzene rings is 2. The molecule has 0 amide bonds. The van der Waals surface area contributed by atoms with E-state index in [9.17, 15) is 9.59 Å². The Morgan fingerprint density at radius 2 is 0.897 bits per heavy atom. The summed E-state index contributed by atoms with van der Waals surface area (Å²) in [6, 6.07) is 20.0. The average Bonchev–Trinajstić information content (AvgIpc) is 2.66. The van der Waals surface area contributed by atoms with Crippen LogP contribution in [0.4, 0.5) is 0 Å². The Balaban J connectivity index is 0.000000523. The summed E-state index contributed by atoms with van der Waals surface area (Å²) in [5.41, 5.74) is 2.41. The van der Waals surface area contributed by atoms with Crippen LogP contribution in [-0.2, 0) is 29.9 Å². The summed E-state index contributed by atoms with van der Waals surface area (Å²) in [4.78, 5) is 36.7. The summed E-state index contributed by atoms with van der Waals surface area (Å²) in [6.45, 7) is 3.19. The van der Waals surface area contributed by atoms with Crippen molar-refractivity contribution in [3.8, 4) is 0 Å². The van der Waals surface area contributed by atoms with Crippen molar-refractivity contribution in [2.24, 2.45) is 0 Å². The van der Waals surface area contributed by atoms with Crippen molar-refractivity contribution in [2.45, 2.75) is 52.4 Å². The third-order valence-corrected chi connectivity index (χ3v) is 4.01. The van der Waals surface area contributed by atoms with E-state index in [0.717, 1.165) is 12.8 Å². The molecule has 0 aliphatic heterocycles. The van der Waals surface area contributed by atoms with Crippen molar-refractivity contribution in [2.75, 3.05) is 0 Å². The van der Waals surface area contributed by atoms with Gasteiger partial charge in [0.05, 0.1) is 12.8 Å². The molecule has 0 saturated heterocycles. The first-order valence-electron chi connectivity index (χ1n) is 9.54. The standard InChI is InChI=1S/2C12H14O2.Cu/c2*1-10(13)9-12(14)8-7-11-5-3-2-4-6-11;/h2*2-6H,7-9H2,1H3;/p+4. The van der Waals surface area contributed by atoms with Gasteiger partial charge < -0.3 is 0 Å². The summed E-state index contributed by atoms with van der Waals surface area (Å²) in [5, 5.41) is 0. The molecule has 4 N–H and O–H groups in total. The fourth-order valence-electron chi connectivity index (χ4n) is 2.63. The minimum absolute atomic E-state index is 0. The van der Waals surface area contributed by atoms with Crippen molar-refractivity contribution in [3.05, 3.63) is 71.8 Å². The van der Waals surface area contributed by atoms with Crippen LogP contribution in [0.25, 0.3) is 0 Å². The van der Waals surface area contributed by atoms with Crippen LogP contribution in [0, 0.1) is 0 Å². The fraction of sp³-hybridized carbons (Fsp3) is 0.333. The Kier molecular flexibility index (Phi) is 14.3. The Morgan fingerprint density at radius 3 is 1.17 bits per heavy atom. The van der Waals surface area contributed by atoms with E-state index in [1.54, 1.807) is 13.8 Å². The van der Waals surface area contributed by atoms with E-state index >= 15 is 0 Å². The van der Waals surface area contributed by atoms with E-state index in [2.05, 4.69) is 0 Å². The van der Waals surface area contributed by atoms with E-state index in [0.29, 0.717) is 37.2 Å². The van der Waals surface area contributed by atoms with Crippen LogP contribution in [0.1, 0.15) is 50.7 Å². The molecule has 5 heteroatoms. The summed E-state index contributed by atoms with van der Waals surface area (Å²) < 4.78 is 0. The second-order valence-electron chi connectivity index (χ2n) is 6.93. The molecule has 0 aliphatic carbocycles. The van der Waals surface area contributed by atoms with Crippen LogP contribution in [0.15, 0.2) is 60.7 Å². The zero-order valence-corrected chi connectivity index (χ0v) is 18.0. The van der Waals surface area contributed by atoms with Gasteiger partial charge in [0.2, 0.25) is 0 Å². The number of ketones is 4. The molecule has 29 heavy (non-hydrogen) atoms. The fourth-order valence-corrected chi connectivity index (χ4v) is 2.63. The molecule has 0 fully saturated rings. The van der Waals surface area contributed by atoms with E-state index in [1.807, 2.05) is 60.7 Å². The molecule has 0 atom stereocenters. The predicted octanol–water partition coefficient (Wildman–Crippen LogP) is 4.24. The largest absolute Gasteiger partial charge is 0.306 e. The zero-order valence-electron chi connectivity index (χ0n) is 17.1. The summed E-state index contributed by atoms with van der Waals surface area (Å²) in [6.07, 6.45) is 3.46. The smallest absolute Gasteiger partial charge is 0.283 e. The Labute approximate surface area is 183 Å². The van der Waals surface area contributed by atoms with Gasteiger partial charge in [-0.3, -0.25) is 19.2 Å². The molecule has 0 unspecified atom stereocenters. The number of hydrogen-bond acceptors (Lipinski definition) is 0. The van der Waals surface area contributed by atoms with Crippen LogP contribution in [0.3, 0.4) is 0 Å². The van der Waals surface area contributed by atoms with Crippen LogP contribution in [-0.4, -0.2) is 42.3 Å². The van der Waals surface area contributed by atoms with Gasteiger partial charge in [-0.25, -0.2) is 0 Å². The SMILES string of the molecule is CC(=[OH+])CC(=[OH+])CCc1ccccc1.CC(=[OH+])CC(=[OH+])CCc1ccccc1.[Cu]. The molecule has 2 rings (SSSR count). The first kappa shape index (κ1) is 26.6. The van der Waals surface area contributed by atoms with E-state index in [1.165, 1.54) is 11.1 Å². The van der Waals surface area contributed by atoms with Crippen molar-refractivity contribution in [1.82, 2.24) is 0 Å². The van der Waals surface area contributed by atoms with Gasteiger partial charge in [0.1, 0.15) is 0 Å². The Bertz CT molecular complexity index is 702. The molecule has 0 aromatic heterocycles. The topological polar surface area (TPSA) is 85.6 Å². The van der Waals surface area contributed by atoms with Crippen LogP contribution in [0.5, 0.6) is 0 Å². The summed E-state index contributed by atoms with van der Waals surface area (Å²) in [7, 11) is 0. The van der Waals surface area contributed by atoms with Crippen molar-refractivity contribution < 1.29 is 36.2 Å². The first-order chi connectivity index (χ1) is 13.4. The van der Waals surface area contributed by atoms with Gasteiger partial charge in [0, 0.05) is 30.9 Å². The van der Waals surface area contributed by atoms with Crippen molar-refractivity contribution in [3.63, 3.8) is 0 Å². The monoisotopic (exact) mass is 447 g/mol. The molecule has 2 aromatic carbocycles. The molecule has 4 nitrogen and oxygen atoms in total. The maximum atomic E-state index is 9.42. The van der Waals surface area contributed by atoms with Crippen LogP contribution in [0.2, 0.25) is 0 Å². The summed E-state index contributed by atoms with van der Waals surface area (Å²) >= 11 is 0. The van der Waals surface area contributed by atoms with Gasteiger partial charge in [-0.05, 0) is 24.0 Å². The van der Waals surface area contributed by atoms with Gasteiger partial charge in [-0.15, -0.1) is 0 Å². The molecule has 0 saturated carbocycles. The predicted molar refractivity (Wildman–Crippen MR) is 118 cm³/mol. The normalized spacial score (nSPS) is 9.45. The Morgan fingerprint density at radius 1 is 0.586 bits per heavy atom. The summed E-state index contributed by atoms with van der Waals surface area (Å²) in [5.74, 6) is 1.20. The van der Waals surface area contributed by atoms with Crippen LogP contribution < -0.4 is 0 Å². The van der Waals surface area contributed by atoms with Gasteiger partial charge in [0.25, 0.3) is 0 Å². The second kappa shape index (κ2) is 15.5. The third-order valence-electron chi connectivity index (χ3n) is 4.01. The maximum Gasteiger partial charge on any atom is 0.306 e. The second-order valence-corrected chi connectivity index (χ2v) is 6.93. The molecule has 159 valence electrons. The molecular formula is C24H32CuO4+4. The maximum absolute atomic E-state index is 9.42. The van der Waals surface area contributed by atoms with E-state index in [-0.39, 0.29) is 28.6 Å². The number of aryl methyl sites for hydroxylation is 2. The van der Waals surface area contributed by atoms with Crippen LogP contribution >= 0.6 is 0 Å². The molecule has 0 bridgehead atoms. The molecule has 0 aliphatic rings. The molecule has 0 spiro atoms. The Hall–Kier alpha value is -2.36. The van der Waals surface area contributed by atoms with Gasteiger partial charge in [-0.1, -0.05) is 60.7 Å². The zero-order chi connectivity index (χ0) is 20.8. The third kappa shape index (κ3) is 14.3. The molecule has 2 aromatic rings. The quantitative estimate of drug-likeness (QED) is 0.296. The van der Waals surface area contributed by atoms with Gasteiger partial charge in [-0.2, -0.15) is 0 Å². The van der Waals surface area contributed by atoms with Crippen molar-refractivity contribution >= 4 is 23.1 Å². The number of rotatable bonds is 10. The molecule has 1 radical (unpaired) electrons. The number of hydrogen-bond donors (Lipinski definition) is 0. The van der Waals surface area contributed by atoms with E-state index in [4.69, 9.17) is 9.59 Å².